The molecule has 0 amide bonds. The minimum atomic E-state index is 0.366. The Hall–Kier alpha value is -0.450. The SMILES string of the molecule is Cc1nc(C(C)NC2CCN(C)CC2C)c(C)s1. The zero-order valence-corrected chi connectivity index (χ0v) is 13.0. The summed E-state index contributed by atoms with van der Waals surface area (Å²) in [7, 11) is 2.21. The molecule has 18 heavy (non-hydrogen) atoms. The van der Waals surface area contributed by atoms with Gasteiger partial charge in [-0.2, -0.15) is 0 Å². The van der Waals surface area contributed by atoms with Gasteiger partial charge >= 0.3 is 0 Å². The maximum atomic E-state index is 4.66. The number of likely N-dealkylation sites (tertiary alicyclic amines) is 1. The van der Waals surface area contributed by atoms with E-state index in [9.17, 15) is 0 Å². The van der Waals surface area contributed by atoms with Gasteiger partial charge in [-0.1, -0.05) is 6.92 Å². The molecule has 2 heterocycles. The van der Waals surface area contributed by atoms with Crippen LogP contribution in [0.25, 0.3) is 0 Å². The fourth-order valence-corrected chi connectivity index (χ4v) is 3.86. The van der Waals surface area contributed by atoms with Crippen LogP contribution in [0.3, 0.4) is 0 Å². The molecule has 3 unspecified atom stereocenters. The van der Waals surface area contributed by atoms with Gasteiger partial charge in [0.2, 0.25) is 0 Å². The highest BCUT2D eigenvalue weighted by atomic mass is 32.1. The van der Waals surface area contributed by atoms with Gasteiger partial charge in [0, 0.05) is 23.5 Å². The quantitative estimate of drug-likeness (QED) is 0.913. The Bertz CT molecular complexity index is 402. The van der Waals surface area contributed by atoms with Crippen molar-refractivity contribution < 1.29 is 0 Å². The van der Waals surface area contributed by atoms with E-state index in [4.69, 9.17) is 0 Å². The standard InChI is InChI=1S/C14H25N3S/c1-9-8-17(5)7-6-13(9)15-10(2)14-11(3)18-12(4)16-14/h9-10,13,15H,6-8H2,1-5H3. The van der Waals surface area contributed by atoms with E-state index >= 15 is 0 Å². The molecule has 2 rings (SSSR count). The normalized spacial score (nSPS) is 27.4. The monoisotopic (exact) mass is 267 g/mol. The van der Waals surface area contributed by atoms with E-state index < -0.39 is 0 Å². The molecule has 3 nitrogen and oxygen atoms in total. The van der Waals surface area contributed by atoms with E-state index in [1.54, 1.807) is 11.3 Å². The molecule has 102 valence electrons. The Balaban J connectivity index is 1.99. The molecule has 1 aliphatic rings. The Labute approximate surface area is 115 Å². The highest BCUT2D eigenvalue weighted by Crippen LogP contribution is 2.25. The van der Waals surface area contributed by atoms with Crippen molar-refractivity contribution in [2.75, 3.05) is 20.1 Å². The molecule has 0 radical (unpaired) electrons. The average molecular weight is 267 g/mol. The highest BCUT2D eigenvalue weighted by molar-refractivity contribution is 7.11. The highest BCUT2D eigenvalue weighted by Gasteiger charge is 2.26. The number of thiazole rings is 1. The lowest BCUT2D eigenvalue weighted by molar-refractivity contribution is 0.167. The molecule has 0 bridgehead atoms. The number of nitrogens with one attached hydrogen (secondary N) is 1. The first-order valence-corrected chi connectivity index (χ1v) is 7.67. The van der Waals surface area contributed by atoms with E-state index in [0.29, 0.717) is 18.0 Å². The zero-order chi connectivity index (χ0) is 13.3. The largest absolute Gasteiger partial charge is 0.306 e. The van der Waals surface area contributed by atoms with Crippen LogP contribution in [0.2, 0.25) is 0 Å². The smallest absolute Gasteiger partial charge is 0.0900 e. The predicted octanol–water partition coefficient (Wildman–Crippen LogP) is 2.75. The van der Waals surface area contributed by atoms with E-state index in [-0.39, 0.29) is 0 Å². The number of piperidine rings is 1. The average Bonchev–Trinajstić information content (AvgIpc) is 2.62. The molecule has 1 fully saturated rings. The number of hydrogen-bond donors (Lipinski definition) is 1. The third-order valence-corrected chi connectivity index (χ3v) is 4.82. The van der Waals surface area contributed by atoms with E-state index in [1.165, 1.54) is 35.1 Å². The van der Waals surface area contributed by atoms with E-state index in [1.807, 2.05) is 0 Å². The zero-order valence-electron chi connectivity index (χ0n) is 12.2. The topological polar surface area (TPSA) is 28.2 Å². The minimum Gasteiger partial charge on any atom is -0.306 e. The van der Waals surface area contributed by atoms with Gasteiger partial charge in [0.05, 0.1) is 10.7 Å². The third-order valence-electron chi connectivity index (χ3n) is 3.92. The Kier molecular flexibility index (Phi) is 4.41. The molecule has 1 aromatic rings. The number of aromatic nitrogens is 1. The summed E-state index contributed by atoms with van der Waals surface area (Å²) in [6.45, 7) is 11.2. The third kappa shape index (κ3) is 3.11. The molecule has 1 aliphatic heterocycles. The molecular weight excluding hydrogens is 242 g/mol. The van der Waals surface area contributed by atoms with Gasteiger partial charge in [-0.15, -0.1) is 11.3 Å². The molecule has 0 aliphatic carbocycles. The summed E-state index contributed by atoms with van der Waals surface area (Å²) in [5.74, 6) is 0.714. The Morgan fingerprint density at radius 1 is 1.44 bits per heavy atom. The van der Waals surface area contributed by atoms with Gasteiger partial charge in [0.1, 0.15) is 0 Å². The van der Waals surface area contributed by atoms with Crippen LogP contribution in [-0.2, 0) is 0 Å². The number of rotatable bonds is 3. The van der Waals surface area contributed by atoms with Gasteiger partial charge in [-0.05, 0) is 46.7 Å². The molecule has 0 spiro atoms. The predicted molar refractivity (Wildman–Crippen MR) is 78.2 cm³/mol. The van der Waals surface area contributed by atoms with Crippen molar-refractivity contribution in [3.05, 3.63) is 15.6 Å². The van der Waals surface area contributed by atoms with Gasteiger partial charge in [-0.3, -0.25) is 0 Å². The number of aryl methyl sites for hydroxylation is 2. The first kappa shape index (κ1) is 14.0. The maximum absolute atomic E-state index is 4.66. The summed E-state index contributed by atoms with van der Waals surface area (Å²) < 4.78 is 0. The van der Waals surface area contributed by atoms with Crippen LogP contribution in [0.5, 0.6) is 0 Å². The first-order valence-electron chi connectivity index (χ1n) is 6.86. The second kappa shape index (κ2) is 5.68. The van der Waals surface area contributed by atoms with Crippen molar-refractivity contribution in [3.8, 4) is 0 Å². The van der Waals surface area contributed by atoms with Crippen molar-refractivity contribution in [2.45, 2.75) is 46.2 Å². The number of hydrogen-bond acceptors (Lipinski definition) is 4. The van der Waals surface area contributed by atoms with Crippen LogP contribution >= 0.6 is 11.3 Å². The van der Waals surface area contributed by atoms with Crippen molar-refractivity contribution in [1.29, 1.82) is 0 Å². The lowest BCUT2D eigenvalue weighted by Crippen LogP contribution is -2.47. The molecule has 4 heteroatoms. The van der Waals surface area contributed by atoms with Gasteiger partial charge in [0.15, 0.2) is 0 Å². The molecule has 1 N–H and O–H groups in total. The van der Waals surface area contributed by atoms with E-state index in [2.05, 4.69) is 49.9 Å². The Morgan fingerprint density at radius 2 is 2.17 bits per heavy atom. The molecule has 0 aromatic carbocycles. The molecular formula is C14H25N3S. The summed E-state index contributed by atoms with van der Waals surface area (Å²) in [5.41, 5.74) is 1.24. The summed E-state index contributed by atoms with van der Waals surface area (Å²) >= 11 is 1.80. The van der Waals surface area contributed by atoms with Crippen LogP contribution < -0.4 is 5.32 Å². The lowest BCUT2D eigenvalue weighted by atomic mass is 9.93. The van der Waals surface area contributed by atoms with Crippen LogP contribution in [0, 0.1) is 19.8 Å². The van der Waals surface area contributed by atoms with Gasteiger partial charge < -0.3 is 10.2 Å². The molecule has 1 aromatic heterocycles. The maximum Gasteiger partial charge on any atom is 0.0900 e. The second-order valence-corrected chi connectivity index (χ2v) is 7.10. The second-order valence-electron chi connectivity index (χ2n) is 5.70. The molecule has 3 atom stereocenters. The fourth-order valence-electron chi connectivity index (χ4n) is 2.95. The number of nitrogens with zero attached hydrogens (tertiary/aromatic N) is 2. The summed E-state index contributed by atoms with van der Waals surface area (Å²) in [6, 6.07) is 0.989. The fraction of sp³-hybridized carbons (Fsp3) is 0.786. The van der Waals surface area contributed by atoms with E-state index in [0.717, 1.165) is 0 Å². The van der Waals surface area contributed by atoms with Crippen LogP contribution in [0.1, 0.15) is 41.9 Å². The van der Waals surface area contributed by atoms with Gasteiger partial charge in [-0.25, -0.2) is 4.98 Å². The summed E-state index contributed by atoms with van der Waals surface area (Å²) in [4.78, 5) is 8.44. The van der Waals surface area contributed by atoms with Crippen LogP contribution in [0.4, 0.5) is 0 Å². The van der Waals surface area contributed by atoms with Crippen molar-refractivity contribution in [1.82, 2.24) is 15.2 Å². The van der Waals surface area contributed by atoms with Gasteiger partial charge in [0.25, 0.3) is 0 Å². The molecule has 1 saturated heterocycles. The first-order chi connectivity index (χ1) is 8.47. The van der Waals surface area contributed by atoms with Crippen LogP contribution in [0.15, 0.2) is 0 Å². The van der Waals surface area contributed by atoms with Crippen molar-refractivity contribution >= 4 is 11.3 Å². The Morgan fingerprint density at radius 3 is 2.72 bits per heavy atom. The summed E-state index contributed by atoms with van der Waals surface area (Å²) in [5, 5.41) is 4.95. The molecule has 0 saturated carbocycles. The van der Waals surface area contributed by atoms with Crippen molar-refractivity contribution in [2.24, 2.45) is 5.92 Å². The lowest BCUT2D eigenvalue weighted by Gasteiger charge is -2.36. The minimum absolute atomic E-state index is 0.366. The van der Waals surface area contributed by atoms with Crippen molar-refractivity contribution in [3.63, 3.8) is 0 Å². The van der Waals surface area contributed by atoms with Crippen LogP contribution in [-0.4, -0.2) is 36.1 Å². The summed E-state index contributed by atoms with van der Waals surface area (Å²) in [6.07, 6.45) is 1.24.